The standard InChI is InChI=1S/C17H28N2O/c1-3-18-14(2)16-10-7-11-19(12-16)13-17(20)15-8-5-4-6-9-15/h4-6,8-9,14,16-18,20H,3,7,10-13H2,1-2H3. The van der Waals surface area contributed by atoms with Gasteiger partial charge < -0.3 is 15.3 Å². The third-order valence-corrected chi connectivity index (χ3v) is 4.39. The van der Waals surface area contributed by atoms with Crippen LogP contribution < -0.4 is 5.32 Å². The van der Waals surface area contributed by atoms with Crippen LogP contribution in [0.25, 0.3) is 0 Å². The summed E-state index contributed by atoms with van der Waals surface area (Å²) in [6.07, 6.45) is 2.16. The molecule has 0 saturated carbocycles. The SMILES string of the molecule is CCNC(C)C1CCCN(CC(O)c2ccccc2)C1. The highest BCUT2D eigenvalue weighted by atomic mass is 16.3. The lowest BCUT2D eigenvalue weighted by molar-refractivity contribution is 0.0771. The van der Waals surface area contributed by atoms with Crippen molar-refractivity contribution < 1.29 is 5.11 Å². The minimum Gasteiger partial charge on any atom is -0.387 e. The fourth-order valence-corrected chi connectivity index (χ4v) is 3.18. The van der Waals surface area contributed by atoms with Crippen molar-refractivity contribution in [2.75, 3.05) is 26.2 Å². The van der Waals surface area contributed by atoms with E-state index in [2.05, 4.69) is 24.1 Å². The van der Waals surface area contributed by atoms with Gasteiger partial charge in [-0.25, -0.2) is 0 Å². The van der Waals surface area contributed by atoms with Crippen LogP contribution in [0.3, 0.4) is 0 Å². The number of nitrogens with zero attached hydrogens (tertiary/aromatic N) is 1. The molecule has 0 aliphatic carbocycles. The molecule has 1 heterocycles. The van der Waals surface area contributed by atoms with Gasteiger partial charge in [-0.05, 0) is 44.3 Å². The predicted octanol–water partition coefficient (Wildman–Crippen LogP) is 2.43. The van der Waals surface area contributed by atoms with E-state index >= 15 is 0 Å². The van der Waals surface area contributed by atoms with Crippen molar-refractivity contribution in [2.45, 2.75) is 38.8 Å². The van der Waals surface area contributed by atoms with E-state index in [1.54, 1.807) is 0 Å². The molecule has 0 amide bonds. The quantitative estimate of drug-likeness (QED) is 0.837. The maximum absolute atomic E-state index is 10.3. The van der Waals surface area contributed by atoms with E-state index in [0.29, 0.717) is 12.0 Å². The molecule has 0 aromatic heterocycles. The van der Waals surface area contributed by atoms with E-state index in [1.807, 2.05) is 30.3 Å². The largest absolute Gasteiger partial charge is 0.387 e. The Morgan fingerprint density at radius 2 is 2.10 bits per heavy atom. The van der Waals surface area contributed by atoms with Crippen LogP contribution >= 0.6 is 0 Å². The maximum Gasteiger partial charge on any atom is 0.0916 e. The summed E-state index contributed by atoms with van der Waals surface area (Å²) < 4.78 is 0. The average Bonchev–Trinajstić information content (AvgIpc) is 2.48. The first-order valence-corrected chi connectivity index (χ1v) is 7.89. The molecule has 3 heteroatoms. The van der Waals surface area contributed by atoms with E-state index in [1.165, 1.54) is 12.8 Å². The number of benzene rings is 1. The van der Waals surface area contributed by atoms with Crippen molar-refractivity contribution in [1.82, 2.24) is 10.2 Å². The number of likely N-dealkylation sites (tertiary alicyclic amines) is 1. The molecule has 0 bridgehead atoms. The van der Waals surface area contributed by atoms with E-state index < -0.39 is 0 Å². The number of aliphatic hydroxyl groups is 1. The highest BCUT2D eigenvalue weighted by molar-refractivity contribution is 5.17. The summed E-state index contributed by atoms with van der Waals surface area (Å²) in [5.41, 5.74) is 1.02. The van der Waals surface area contributed by atoms with Gasteiger partial charge >= 0.3 is 0 Å². The molecule has 2 N–H and O–H groups in total. The molecule has 3 nitrogen and oxygen atoms in total. The number of piperidine rings is 1. The normalized spacial score (nSPS) is 23.4. The van der Waals surface area contributed by atoms with Gasteiger partial charge in [0, 0.05) is 19.1 Å². The van der Waals surface area contributed by atoms with Gasteiger partial charge in [0.2, 0.25) is 0 Å². The van der Waals surface area contributed by atoms with Gasteiger partial charge in [-0.2, -0.15) is 0 Å². The Labute approximate surface area is 123 Å². The smallest absolute Gasteiger partial charge is 0.0916 e. The number of hydrogen-bond donors (Lipinski definition) is 2. The van der Waals surface area contributed by atoms with Gasteiger partial charge in [-0.1, -0.05) is 37.3 Å². The molecular weight excluding hydrogens is 248 g/mol. The second-order valence-corrected chi connectivity index (χ2v) is 5.93. The number of rotatable bonds is 6. The van der Waals surface area contributed by atoms with Crippen molar-refractivity contribution in [3.05, 3.63) is 35.9 Å². The average molecular weight is 276 g/mol. The Balaban J connectivity index is 1.86. The van der Waals surface area contributed by atoms with E-state index in [9.17, 15) is 5.11 Å². The number of hydrogen-bond acceptors (Lipinski definition) is 3. The van der Waals surface area contributed by atoms with Gasteiger partial charge in [0.15, 0.2) is 0 Å². The highest BCUT2D eigenvalue weighted by Crippen LogP contribution is 2.22. The van der Waals surface area contributed by atoms with Crippen molar-refractivity contribution in [1.29, 1.82) is 0 Å². The molecule has 1 fully saturated rings. The minimum atomic E-state index is -0.371. The summed E-state index contributed by atoms with van der Waals surface area (Å²) >= 11 is 0. The monoisotopic (exact) mass is 276 g/mol. The summed E-state index contributed by atoms with van der Waals surface area (Å²) in [5, 5.41) is 13.9. The molecule has 1 saturated heterocycles. The molecule has 0 radical (unpaired) electrons. The first kappa shape index (κ1) is 15.5. The molecule has 1 aliphatic rings. The third-order valence-electron chi connectivity index (χ3n) is 4.39. The third kappa shape index (κ3) is 4.30. The zero-order chi connectivity index (χ0) is 14.4. The topological polar surface area (TPSA) is 35.5 Å². The number of nitrogens with one attached hydrogen (secondary N) is 1. The fourth-order valence-electron chi connectivity index (χ4n) is 3.18. The van der Waals surface area contributed by atoms with E-state index in [4.69, 9.17) is 0 Å². The molecule has 1 aromatic rings. The molecule has 2 rings (SSSR count). The van der Waals surface area contributed by atoms with Crippen molar-refractivity contribution in [3.8, 4) is 0 Å². The first-order chi connectivity index (χ1) is 9.70. The molecule has 1 aliphatic heterocycles. The Hall–Kier alpha value is -0.900. The Bertz CT molecular complexity index is 382. The number of β-amino-alcohol motifs (C(OH)–C–C–N with tert-alkyl or cyclic N) is 1. The Morgan fingerprint density at radius 1 is 1.35 bits per heavy atom. The van der Waals surface area contributed by atoms with Crippen LogP contribution in [0.15, 0.2) is 30.3 Å². The molecule has 112 valence electrons. The van der Waals surface area contributed by atoms with Gasteiger partial charge in [0.05, 0.1) is 6.10 Å². The van der Waals surface area contributed by atoms with Crippen LogP contribution in [0, 0.1) is 5.92 Å². The van der Waals surface area contributed by atoms with Crippen LogP contribution in [-0.4, -0.2) is 42.2 Å². The van der Waals surface area contributed by atoms with Gasteiger partial charge in [-0.15, -0.1) is 0 Å². The lowest BCUT2D eigenvalue weighted by Gasteiger charge is -2.37. The van der Waals surface area contributed by atoms with E-state index in [0.717, 1.165) is 31.7 Å². The fraction of sp³-hybridized carbons (Fsp3) is 0.647. The van der Waals surface area contributed by atoms with Gasteiger partial charge in [0.1, 0.15) is 0 Å². The van der Waals surface area contributed by atoms with Crippen LogP contribution in [-0.2, 0) is 0 Å². The zero-order valence-electron chi connectivity index (χ0n) is 12.8. The molecule has 20 heavy (non-hydrogen) atoms. The van der Waals surface area contributed by atoms with Crippen LogP contribution in [0.4, 0.5) is 0 Å². The molecule has 1 aromatic carbocycles. The Morgan fingerprint density at radius 3 is 2.80 bits per heavy atom. The molecule has 3 atom stereocenters. The molecular formula is C17H28N2O. The summed E-state index contributed by atoms with van der Waals surface area (Å²) in [5.74, 6) is 0.701. The van der Waals surface area contributed by atoms with E-state index in [-0.39, 0.29) is 6.10 Å². The summed E-state index contributed by atoms with van der Waals surface area (Å²) in [6, 6.07) is 10.6. The highest BCUT2D eigenvalue weighted by Gasteiger charge is 2.25. The van der Waals surface area contributed by atoms with Crippen molar-refractivity contribution in [2.24, 2.45) is 5.92 Å². The zero-order valence-corrected chi connectivity index (χ0v) is 12.8. The second-order valence-electron chi connectivity index (χ2n) is 5.93. The summed E-state index contributed by atoms with van der Waals surface area (Å²) in [6.45, 7) is 8.43. The van der Waals surface area contributed by atoms with Crippen LogP contribution in [0.1, 0.15) is 38.4 Å². The lowest BCUT2D eigenvalue weighted by Crippen LogP contribution is -2.45. The summed E-state index contributed by atoms with van der Waals surface area (Å²) in [4.78, 5) is 2.42. The minimum absolute atomic E-state index is 0.371. The van der Waals surface area contributed by atoms with Crippen LogP contribution in [0.5, 0.6) is 0 Å². The van der Waals surface area contributed by atoms with Gasteiger partial charge in [0.25, 0.3) is 0 Å². The Kier molecular flexibility index (Phi) is 6.02. The number of aliphatic hydroxyl groups excluding tert-OH is 1. The lowest BCUT2D eigenvalue weighted by atomic mass is 9.91. The predicted molar refractivity (Wildman–Crippen MR) is 83.7 cm³/mol. The van der Waals surface area contributed by atoms with Gasteiger partial charge in [-0.3, -0.25) is 0 Å². The molecule has 3 unspecified atom stereocenters. The molecule has 0 spiro atoms. The van der Waals surface area contributed by atoms with Crippen molar-refractivity contribution in [3.63, 3.8) is 0 Å². The van der Waals surface area contributed by atoms with Crippen molar-refractivity contribution >= 4 is 0 Å². The van der Waals surface area contributed by atoms with Crippen LogP contribution in [0.2, 0.25) is 0 Å². The maximum atomic E-state index is 10.3. The second kappa shape index (κ2) is 7.77. The summed E-state index contributed by atoms with van der Waals surface area (Å²) in [7, 11) is 0. The first-order valence-electron chi connectivity index (χ1n) is 7.89.